The second kappa shape index (κ2) is 5.46. The molecule has 0 aliphatic carbocycles. The Kier molecular flexibility index (Phi) is 4.50. The fourth-order valence-corrected chi connectivity index (χ4v) is 2.27. The monoisotopic (exact) mass is 225 g/mol. The fourth-order valence-electron chi connectivity index (χ4n) is 2.27. The first-order valence-corrected chi connectivity index (χ1v) is 5.80. The lowest BCUT2D eigenvalue weighted by atomic mass is 9.76. The van der Waals surface area contributed by atoms with E-state index in [2.05, 4.69) is 18.9 Å². The van der Waals surface area contributed by atoms with Crippen LogP contribution in [-0.2, 0) is 13.5 Å². The number of rotatable bonds is 6. The maximum atomic E-state index is 9.59. The SMILES string of the molecule is CC(C)CC(CN)(CO)Cc1cnn(C)c1. The standard InChI is InChI=1S/C12H23N3O/c1-10(2)4-12(8-13,9-16)5-11-6-14-15(3)7-11/h6-7,10,16H,4-5,8-9,13H2,1-3H3. The van der Waals surface area contributed by atoms with Gasteiger partial charge in [-0.1, -0.05) is 13.8 Å². The summed E-state index contributed by atoms with van der Waals surface area (Å²) in [6, 6.07) is 0. The quantitative estimate of drug-likeness (QED) is 0.757. The predicted molar refractivity (Wildman–Crippen MR) is 64.9 cm³/mol. The van der Waals surface area contributed by atoms with Gasteiger partial charge in [-0.25, -0.2) is 0 Å². The zero-order chi connectivity index (χ0) is 12.2. The van der Waals surface area contributed by atoms with Crippen molar-refractivity contribution in [2.45, 2.75) is 26.7 Å². The normalized spacial score (nSPS) is 15.4. The van der Waals surface area contributed by atoms with E-state index in [-0.39, 0.29) is 12.0 Å². The molecule has 1 atom stereocenters. The van der Waals surface area contributed by atoms with E-state index >= 15 is 0 Å². The van der Waals surface area contributed by atoms with Crippen molar-refractivity contribution in [3.8, 4) is 0 Å². The van der Waals surface area contributed by atoms with Gasteiger partial charge in [-0.3, -0.25) is 4.68 Å². The Morgan fingerprint density at radius 1 is 1.56 bits per heavy atom. The summed E-state index contributed by atoms with van der Waals surface area (Å²) < 4.78 is 1.78. The molecule has 0 saturated heterocycles. The molecule has 92 valence electrons. The molecule has 1 heterocycles. The van der Waals surface area contributed by atoms with E-state index in [1.54, 1.807) is 4.68 Å². The Balaban J connectivity index is 2.77. The maximum absolute atomic E-state index is 9.59. The van der Waals surface area contributed by atoms with Gasteiger partial charge in [0.1, 0.15) is 0 Å². The number of nitrogens with two attached hydrogens (primary N) is 1. The Bertz CT molecular complexity index is 316. The predicted octanol–water partition coefficient (Wildman–Crippen LogP) is 0.946. The van der Waals surface area contributed by atoms with Crippen LogP contribution < -0.4 is 5.73 Å². The van der Waals surface area contributed by atoms with Gasteiger partial charge in [0, 0.05) is 25.2 Å². The van der Waals surface area contributed by atoms with Crippen LogP contribution in [0.1, 0.15) is 25.8 Å². The molecule has 0 fully saturated rings. The molecule has 0 aliphatic rings. The second-order valence-corrected chi connectivity index (χ2v) is 5.16. The highest BCUT2D eigenvalue weighted by atomic mass is 16.3. The molecular formula is C12H23N3O. The lowest BCUT2D eigenvalue weighted by Crippen LogP contribution is -2.37. The third kappa shape index (κ3) is 3.32. The minimum atomic E-state index is -0.197. The summed E-state index contributed by atoms with van der Waals surface area (Å²) in [5.41, 5.74) is 6.78. The van der Waals surface area contributed by atoms with Crippen molar-refractivity contribution in [3.63, 3.8) is 0 Å². The van der Waals surface area contributed by atoms with Crippen LogP contribution in [0.5, 0.6) is 0 Å². The molecule has 0 aliphatic heterocycles. The molecule has 16 heavy (non-hydrogen) atoms. The van der Waals surface area contributed by atoms with Crippen LogP contribution in [-0.4, -0.2) is 28.0 Å². The average Bonchev–Trinajstić information content (AvgIpc) is 2.62. The van der Waals surface area contributed by atoms with Crippen molar-refractivity contribution < 1.29 is 5.11 Å². The third-order valence-corrected chi connectivity index (χ3v) is 2.95. The fraction of sp³-hybridized carbons (Fsp3) is 0.750. The van der Waals surface area contributed by atoms with Crippen LogP contribution >= 0.6 is 0 Å². The Morgan fingerprint density at radius 3 is 2.62 bits per heavy atom. The first-order chi connectivity index (χ1) is 7.51. The van der Waals surface area contributed by atoms with Crippen LogP contribution in [0.3, 0.4) is 0 Å². The summed E-state index contributed by atoms with van der Waals surface area (Å²) in [4.78, 5) is 0. The van der Waals surface area contributed by atoms with Crippen LogP contribution in [0.25, 0.3) is 0 Å². The van der Waals surface area contributed by atoms with E-state index in [0.29, 0.717) is 12.5 Å². The second-order valence-electron chi connectivity index (χ2n) is 5.16. The van der Waals surface area contributed by atoms with E-state index in [1.165, 1.54) is 0 Å². The summed E-state index contributed by atoms with van der Waals surface area (Å²) in [7, 11) is 1.90. The van der Waals surface area contributed by atoms with Gasteiger partial charge in [0.05, 0.1) is 12.8 Å². The Hall–Kier alpha value is -0.870. The molecular weight excluding hydrogens is 202 g/mol. The van der Waals surface area contributed by atoms with Crippen molar-refractivity contribution in [1.82, 2.24) is 9.78 Å². The average molecular weight is 225 g/mol. The highest BCUT2D eigenvalue weighted by Crippen LogP contribution is 2.29. The van der Waals surface area contributed by atoms with Crippen LogP contribution in [0, 0.1) is 11.3 Å². The van der Waals surface area contributed by atoms with Gasteiger partial charge in [-0.2, -0.15) is 5.10 Å². The summed E-state index contributed by atoms with van der Waals surface area (Å²) in [6.45, 7) is 4.96. The molecule has 4 nitrogen and oxygen atoms in total. The van der Waals surface area contributed by atoms with E-state index < -0.39 is 0 Å². The molecule has 4 heteroatoms. The molecule has 1 aromatic rings. The molecule has 0 aromatic carbocycles. The first kappa shape index (κ1) is 13.2. The summed E-state index contributed by atoms with van der Waals surface area (Å²) >= 11 is 0. The van der Waals surface area contributed by atoms with Gasteiger partial charge in [-0.15, -0.1) is 0 Å². The lowest BCUT2D eigenvalue weighted by molar-refractivity contribution is 0.108. The molecule has 0 spiro atoms. The number of aromatic nitrogens is 2. The van der Waals surface area contributed by atoms with Gasteiger partial charge in [0.25, 0.3) is 0 Å². The van der Waals surface area contributed by atoms with Gasteiger partial charge in [-0.05, 0) is 24.3 Å². The van der Waals surface area contributed by atoms with E-state index in [1.807, 2.05) is 19.4 Å². The summed E-state index contributed by atoms with van der Waals surface area (Å²) in [6.07, 6.45) is 5.57. The lowest BCUT2D eigenvalue weighted by Gasteiger charge is -2.31. The van der Waals surface area contributed by atoms with Gasteiger partial charge in [0.15, 0.2) is 0 Å². The molecule has 0 amide bonds. The van der Waals surface area contributed by atoms with Crippen molar-refractivity contribution in [3.05, 3.63) is 18.0 Å². The van der Waals surface area contributed by atoms with Crippen molar-refractivity contribution in [2.24, 2.45) is 24.1 Å². The molecule has 0 bridgehead atoms. The van der Waals surface area contributed by atoms with Crippen molar-refractivity contribution >= 4 is 0 Å². The Morgan fingerprint density at radius 2 is 2.25 bits per heavy atom. The smallest absolute Gasteiger partial charge is 0.0521 e. The number of hydrogen-bond acceptors (Lipinski definition) is 3. The zero-order valence-corrected chi connectivity index (χ0v) is 10.5. The minimum Gasteiger partial charge on any atom is -0.396 e. The van der Waals surface area contributed by atoms with Crippen molar-refractivity contribution in [1.29, 1.82) is 0 Å². The van der Waals surface area contributed by atoms with Gasteiger partial charge >= 0.3 is 0 Å². The molecule has 3 N–H and O–H groups in total. The minimum absolute atomic E-state index is 0.135. The molecule has 1 aromatic heterocycles. The number of aliphatic hydroxyl groups excluding tert-OH is 1. The summed E-state index contributed by atoms with van der Waals surface area (Å²) in [5, 5.41) is 13.7. The highest BCUT2D eigenvalue weighted by Gasteiger charge is 2.29. The van der Waals surface area contributed by atoms with Crippen LogP contribution in [0.15, 0.2) is 12.4 Å². The van der Waals surface area contributed by atoms with Gasteiger partial charge < -0.3 is 10.8 Å². The van der Waals surface area contributed by atoms with Gasteiger partial charge in [0.2, 0.25) is 0 Å². The molecule has 0 saturated carbocycles. The maximum Gasteiger partial charge on any atom is 0.0521 e. The first-order valence-electron chi connectivity index (χ1n) is 5.80. The molecule has 0 radical (unpaired) electrons. The topological polar surface area (TPSA) is 64.1 Å². The van der Waals surface area contributed by atoms with E-state index in [4.69, 9.17) is 5.73 Å². The van der Waals surface area contributed by atoms with Crippen molar-refractivity contribution in [2.75, 3.05) is 13.2 Å². The molecule has 1 unspecified atom stereocenters. The number of hydrogen-bond donors (Lipinski definition) is 2. The van der Waals surface area contributed by atoms with Crippen LogP contribution in [0.4, 0.5) is 0 Å². The number of nitrogens with zero attached hydrogens (tertiary/aromatic N) is 2. The molecule has 1 rings (SSSR count). The van der Waals surface area contributed by atoms with E-state index in [9.17, 15) is 5.11 Å². The zero-order valence-electron chi connectivity index (χ0n) is 10.5. The number of aliphatic hydroxyl groups is 1. The Labute approximate surface area is 97.5 Å². The summed E-state index contributed by atoms with van der Waals surface area (Å²) in [5.74, 6) is 0.535. The number of aryl methyl sites for hydroxylation is 1. The van der Waals surface area contributed by atoms with E-state index in [0.717, 1.165) is 18.4 Å². The highest BCUT2D eigenvalue weighted by molar-refractivity contribution is 5.08. The largest absolute Gasteiger partial charge is 0.396 e. The third-order valence-electron chi connectivity index (χ3n) is 2.95. The van der Waals surface area contributed by atoms with Crippen LogP contribution in [0.2, 0.25) is 0 Å².